The van der Waals surface area contributed by atoms with Crippen LogP contribution in [0.2, 0.25) is 5.02 Å². The Morgan fingerprint density at radius 2 is 2.18 bits per heavy atom. The van der Waals surface area contributed by atoms with Gasteiger partial charge in [0.05, 0.1) is 0 Å². The fourth-order valence-corrected chi connectivity index (χ4v) is 2.11. The molecule has 0 aromatic heterocycles. The number of carbonyl (C=O) groups excluding carboxylic acids is 2. The molecule has 0 aliphatic carbocycles. The van der Waals surface area contributed by atoms with Gasteiger partial charge in [-0.3, -0.25) is 4.79 Å². The molecule has 0 spiro atoms. The van der Waals surface area contributed by atoms with Crippen LogP contribution in [-0.4, -0.2) is 23.3 Å². The second-order valence-corrected chi connectivity index (χ2v) is 4.49. The number of rotatable bonds is 3. The first-order valence-corrected chi connectivity index (χ1v) is 5.68. The van der Waals surface area contributed by atoms with E-state index in [1.807, 2.05) is 18.2 Å². The Morgan fingerprint density at radius 1 is 1.47 bits per heavy atom. The Labute approximate surface area is 104 Å². The molecule has 1 aliphatic rings. The molecule has 0 N–H and O–H groups in total. The molecule has 4 nitrogen and oxygen atoms in total. The van der Waals surface area contributed by atoms with E-state index in [2.05, 4.69) is 0 Å². The second-order valence-electron chi connectivity index (χ2n) is 4.09. The summed E-state index contributed by atoms with van der Waals surface area (Å²) >= 11 is 5.98. The summed E-state index contributed by atoms with van der Waals surface area (Å²) in [6.45, 7) is 0.550. The van der Waals surface area contributed by atoms with Crippen molar-refractivity contribution in [3.63, 3.8) is 0 Å². The number of carboxylic acids is 1. The van der Waals surface area contributed by atoms with E-state index >= 15 is 0 Å². The summed E-state index contributed by atoms with van der Waals surface area (Å²) in [5.74, 6) is -2.04. The van der Waals surface area contributed by atoms with Crippen LogP contribution in [0.4, 0.5) is 0 Å². The van der Waals surface area contributed by atoms with Crippen LogP contribution in [0.3, 0.4) is 0 Å². The zero-order chi connectivity index (χ0) is 12.4. The van der Waals surface area contributed by atoms with Crippen molar-refractivity contribution in [1.29, 1.82) is 0 Å². The van der Waals surface area contributed by atoms with Gasteiger partial charge in [-0.05, 0) is 11.6 Å². The molecular formula is C12H11ClNO3-. The predicted octanol–water partition coefficient (Wildman–Crippen LogP) is 0.438. The summed E-state index contributed by atoms with van der Waals surface area (Å²) in [6, 6.07) is 7.20. The SMILES string of the molecule is O=C([O-])[C@@H]1CC(=O)N(Cc2ccccc2Cl)C1. The molecule has 1 aromatic carbocycles. The number of amides is 1. The maximum atomic E-state index is 11.6. The normalized spacial score (nSPS) is 19.7. The number of halogens is 1. The Kier molecular flexibility index (Phi) is 3.33. The molecule has 2 rings (SSSR count). The molecule has 1 aliphatic heterocycles. The van der Waals surface area contributed by atoms with Gasteiger partial charge in [-0.2, -0.15) is 0 Å². The first-order chi connectivity index (χ1) is 8.08. The van der Waals surface area contributed by atoms with Crippen molar-refractivity contribution >= 4 is 23.5 Å². The van der Waals surface area contributed by atoms with Crippen molar-refractivity contribution in [2.45, 2.75) is 13.0 Å². The highest BCUT2D eigenvalue weighted by Crippen LogP contribution is 2.23. The summed E-state index contributed by atoms with van der Waals surface area (Å²) in [4.78, 5) is 23.8. The maximum Gasteiger partial charge on any atom is 0.223 e. The summed E-state index contributed by atoms with van der Waals surface area (Å²) in [7, 11) is 0. The van der Waals surface area contributed by atoms with Crippen molar-refractivity contribution in [1.82, 2.24) is 4.90 Å². The highest BCUT2D eigenvalue weighted by Gasteiger charge is 2.30. The number of nitrogens with zero attached hydrogens (tertiary/aromatic N) is 1. The third-order valence-electron chi connectivity index (χ3n) is 2.87. The van der Waals surface area contributed by atoms with E-state index in [-0.39, 0.29) is 18.9 Å². The van der Waals surface area contributed by atoms with Gasteiger partial charge in [0.1, 0.15) is 0 Å². The van der Waals surface area contributed by atoms with Gasteiger partial charge in [-0.15, -0.1) is 0 Å². The van der Waals surface area contributed by atoms with Crippen LogP contribution < -0.4 is 5.11 Å². The highest BCUT2D eigenvalue weighted by molar-refractivity contribution is 6.31. The van der Waals surface area contributed by atoms with Crippen molar-refractivity contribution in [2.75, 3.05) is 6.54 Å². The van der Waals surface area contributed by atoms with Crippen LogP contribution in [0.25, 0.3) is 0 Å². The van der Waals surface area contributed by atoms with Crippen LogP contribution in [0.15, 0.2) is 24.3 Å². The number of hydrogen-bond acceptors (Lipinski definition) is 3. The van der Waals surface area contributed by atoms with Crippen LogP contribution in [0, 0.1) is 5.92 Å². The first kappa shape index (κ1) is 11.9. The minimum absolute atomic E-state index is 0.0206. The zero-order valence-electron chi connectivity index (χ0n) is 9.06. The number of hydrogen-bond donors (Lipinski definition) is 0. The monoisotopic (exact) mass is 252 g/mol. The lowest BCUT2D eigenvalue weighted by molar-refractivity contribution is -0.311. The molecule has 1 amide bonds. The molecule has 1 aromatic rings. The molecule has 0 radical (unpaired) electrons. The molecular weight excluding hydrogens is 242 g/mol. The number of carbonyl (C=O) groups is 2. The van der Waals surface area contributed by atoms with Crippen LogP contribution in [0.5, 0.6) is 0 Å². The van der Waals surface area contributed by atoms with Crippen LogP contribution >= 0.6 is 11.6 Å². The fraction of sp³-hybridized carbons (Fsp3) is 0.333. The Bertz CT molecular complexity index is 461. The first-order valence-electron chi connectivity index (χ1n) is 5.30. The fourth-order valence-electron chi connectivity index (χ4n) is 1.92. The van der Waals surface area contributed by atoms with Crippen molar-refractivity contribution in [3.05, 3.63) is 34.9 Å². The second kappa shape index (κ2) is 4.75. The van der Waals surface area contributed by atoms with Crippen LogP contribution in [0.1, 0.15) is 12.0 Å². The number of carboxylic acid groups (broad SMARTS) is 1. The maximum absolute atomic E-state index is 11.6. The van der Waals surface area contributed by atoms with Crippen LogP contribution in [-0.2, 0) is 16.1 Å². The van der Waals surface area contributed by atoms with Gasteiger partial charge in [0.2, 0.25) is 5.91 Å². The molecule has 1 fully saturated rings. The lowest BCUT2D eigenvalue weighted by Crippen LogP contribution is -2.33. The molecule has 17 heavy (non-hydrogen) atoms. The van der Waals surface area contributed by atoms with E-state index in [1.54, 1.807) is 6.07 Å². The summed E-state index contributed by atoms with van der Waals surface area (Å²) in [6.07, 6.45) is 0.0206. The van der Waals surface area contributed by atoms with Gasteiger partial charge in [0.15, 0.2) is 0 Å². The predicted molar refractivity (Wildman–Crippen MR) is 60.0 cm³/mol. The summed E-state index contributed by atoms with van der Waals surface area (Å²) in [5.41, 5.74) is 0.821. The minimum atomic E-state index is -1.17. The van der Waals surface area contributed by atoms with Gasteiger partial charge in [0, 0.05) is 36.4 Å². The Hall–Kier alpha value is -1.55. The van der Waals surface area contributed by atoms with Crippen molar-refractivity contribution in [3.8, 4) is 0 Å². The number of aliphatic carboxylic acids is 1. The van der Waals surface area contributed by atoms with E-state index < -0.39 is 11.9 Å². The number of likely N-dealkylation sites (tertiary alicyclic amines) is 1. The molecule has 5 heteroatoms. The highest BCUT2D eigenvalue weighted by atomic mass is 35.5. The van der Waals surface area contributed by atoms with Gasteiger partial charge in [-0.1, -0.05) is 29.8 Å². The third-order valence-corrected chi connectivity index (χ3v) is 3.24. The van der Waals surface area contributed by atoms with Crippen molar-refractivity contribution < 1.29 is 14.7 Å². The van der Waals surface area contributed by atoms with E-state index in [4.69, 9.17) is 11.6 Å². The van der Waals surface area contributed by atoms with E-state index in [0.29, 0.717) is 11.6 Å². The van der Waals surface area contributed by atoms with Gasteiger partial charge >= 0.3 is 0 Å². The molecule has 0 unspecified atom stereocenters. The standard InChI is InChI=1S/C12H12ClNO3/c13-10-4-2-1-3-8(10)6-14-7-9(12(16)17)5-11(14)15/h1-4,9H,5-7H2,(H,16,17)/p-1/t9-/m1/s1. The van der Waals surface area contributed by atoms with Crippen molar-refractivity contribution in [2.24, 2.45) is 5.92 Å². The summed E-state index contributed by atoms with van der Waals surface area (Å²) < 4.78 is 0. The Balaban J connectivity index is 2.08. The smallest absolute Gasteiger partial charge is 0.223 e. The molecule has 0 saturated carbocycles. The van der Waals surface area contributed by atoms with E-state index in [1.165, 1.54) is 4.90 Å². The lowest BCUT2D eigenvalue weighted by atomic mass is 10.1. The largest absolute Gasteiger partial charge is 0.550 e. The molecule has 1 atom stereocenters. The number of benzene rings is 1. The minimum Gasteiger partial charge on any atom is -0.550 e. The average molecular weight is 253 g/mol. The quantitative estimate of drug-likeness (QED) is 0.784. The zero-order valence-corrected chi connectivity index (χ0v) is 9.81. The lowest BCUT2D eigenvalue weighted by Gasteiger charge is -2.17. The molecule has 1 heterocycles. The van der Waals surface area contributed by atoms with E-state index in [9.17, 15) is 14.7 Å². The van der Waals surface area contributed by atoms with E-state index in [0.717, 1.165) is 5.56 Å². The van der Waals surface area contributed by atoms with Gasteiger partial charge in [-0.25, -0.2) is 0 Å². The third kappa shape index (κ3) is 2.58. The summed E-state index contributed by atoms with van der Waals surface area (Å²) in [5, 5.41) is 11.3. The topological polar surface area (TPSA) is 60.4 Å². The van der Waals surface area contributed by atoms with Gasteiger partial charge < -0.3 is 14.8 Å². The van der Waals surface area contributed by atoms with Gasteiger partial charge in [0.25, 0.3) is 0 Å². The molecule has 1 saturated heterocycles. The molecule has 0 bridgehead atoms. The average Bonchev–Trinajstić information content (AvgIpc) is 2.64. The Morgan fingerprint density at radius 3 is 2.76 bits per heavy atom. The molecule has 90 valence electrons.